The van der Waals surface area contributed by atoms with Gasteiger partial charge in [-0.25, -0.2) is 4.39 Å². The number of nitrogens with zero attached hydrogens (tertiary/aromatic N) is 2. The van der Waals surface area contributed by atoms with Crippen LogP contribution in [0.1, 0.15) is 15.9 Å². The number of benzene rings is 1. The van der Waals surface area contributed by atoms with Crippen LogP contribution in [-0.4, -0.2) is 17.9 Å². The molecule has 0 aliphatic carbocycles. The van der Waals surface area contributed by atoms with Crippen LogP contribution >= 0.6 is 0 Å². The maximum absolute atomic E-state index is 13.8. The number of carbonyl (C=O) groups is 1. The minimum atomic E-state index is -0.538. The van der Waals surface area contributed by atoms with Crippen molar-refractivity contribution in [1.82, 2.24) is 4.98 Å². The summed E-state index contributed by atoms with van der Waals surface area (Å²) in [6.07, 6.45) is 2.98. The average Bonchev–Trinajstić information content (AvgIpc) is 2.38. The van der Waals surface area contributed by atoms with Gasteiger partial charge >= 0.3 is 0 Å². The van der Waals surface area contributed by atoms with Crippen LogP contribution < -0.4 is 10.6 Å². The first-order chi connectivity index (χ1) is 9.00. The third-order valence-electron chi connectivity index (χ3n) is 2.85. The van der Waals surface area contributed by atoms with Crippen molar-refractivity contribution in [3.63, 3.8) is 0 Å². The van der Waals surface area contributed by atoms with Gasteiger partial charge in [-0.2, -0.15) is 0 Å². The fourth-order valence-electron chi connectivity index (χ4n) is 1.79. The van der Waals surface area contributed by atoms with Crippen LogP contribution in [-0.2, 0) is 0 Å². The fourth-order valence-corrected chi connectivity index (χ4v) is 1.79. The molecule has 2 N–H and O–H groups in total. The van der Waals surface area contributed by atoms with Crippen molar-refractivity contribution in [1.29, 1.82) is 0 Å². The Balaban J connectivity index is 2.37. The minimum absolute atomic E-state index is 0.0179. The first-order valence-corrected chi connectivity index (χ1v) is 5.74. The number of carbonyl (C=O) groups excluding carboxylic acids is 1. The van der Waals surface area contributed by atoms with Crippen LogP contribution in [0.3, 0.4) is 0 Å². The SMILES string of the molecule is Cc1ccc(C(=O)N(C)c2ccncc2N)c(F)c1. The van der Waals surface area contributed by atoms with E-state index in [9.17, 15) is 9.18 Å². The highest BCUT2D eigenvalue weighted by atomic mass is 19.1. The van der Waals surface area contributed by atoms with E-state index in [1.165, 1.54) is 29.4 Å². The normalized spacial score (nSPS) is 10.3. The van der Waals surface area contributed by atoms with Crippen molar-refractivity contribution in [3.05, 3.63) is 53.6 Å². The number of halogens is 1. The molecule has 0 aliphatic heterocycles. The topological polar surface area (TPSA) is 59.2 Å². The molecule has 0 saturated carbocycles. The standard InChI is InChI=1S/C14H14FN3O/c1-9-3-4-10(11(15)7-9)14(19)18(2)13-5-6-17-8-12(13)16/h3-8H,16H2,1-2H3. The van der Waals surface area contributed by atoms with Crippen molar-refractivity contribution in [2.45, 2.75) is 6.92 Å². The molecule has 4 nitrogen and oxygen atoms in total. The van der Waals surface area contributed by atoms with Crippen LogP contribution in [0.25, 0.3) is 0 Å². The molecule has 0 spiro atoms. The number of hydrogen-bond donors (Lipinski definition) is 1. The Morgan fingerprint density at radius 2 is 2.11 bits per heavy atom. The lowest BCUT2D eigenvalue weighted by Gasteiger charge is -2.19. The minimum Gasteiger partial charge on any atom is -0.396 e. The molecule has 0 atom stereocenters. The lowest BCUT2D eigenvalue weighted by Crippen LogP contribution is -2.28. The number of nitrogen functional groups attached to an aromatic ring is 1. The molecule has 1 heterocycles. The summed E-state index contributed by atoms with van der Waals surface area (Å²) in [5.41, 5.74) is 7.40. The second-order valence-electron chi connectivity index (χ2n) is 4.28. The van der Waals surface area contributed by atoms with Crippen LogP contribution in [0.2, 0.25) is 0 Å². The molecule has 0 bridgehead atoms. The van der Waals surface area contributed by atoms with Gasteiger partial charge in [-0.15, -0.1) is 0 Å². The van der Waals surface area contributed by atoms with E-state index >= 15 is 0 Å². The third-order valence-corrected chi connectivity index (χ3v) is 2.85. The van der Waals surface area contributed by atoms with Crippen molar-refractivity contribution >= 4 is 17.3 Å². The second-order valence-corrected chi connectivity index (χ2v) is 4.28. The highest BCUT2D eigenvalue weighted by molar-refractivity contribution is 6.07. The Bertz CT molecular complexity index is 628. The smallest absolute Gasteiger partial charge is 0.261 e. The number of pyridine rings is 1. The van der Waals surface area contributed by atoms with E-state index < -0.39 is 11.7 Å². The number of aryl methyl sites for hydroxylation is 1. The summed E-state index contributed by atoms with van der Waals surface area (Å²) in [6, 6.07) is 6.11. The molecule has 19 heavy (non-hydrogen) atoms. The summed E-state index contributed by atoms with van der Waals surface area (Å²) >= 11 is 0. The van der Waals surface area contributed by atoms with Crippen molar-refractivity contribution in [2.24, 2.45) is 0 Å². The number of hydrogen-bond acceptors (Lipinski definition) is 3. The maximum atomic E-state index is 13.8. The molecular weight excluding hydrogens is 245 g/mol. The lowest BCUT2D eigenvalue weighted by molar-refractivity contribution is 0.0989. The van der Waals surface area contributed by atoms with Gasteiger partial charge in [0.25, 0.3) is 5.91 Å². The summed E-state index contributed by atoms with van der Waals surface area (Å²) < 4.78 is 13.8. The first kappa shape index (κ1) is 13.0. The fraction of sp³-hybridized carbons (Fsp3) is 0.143. The van der Waals surface area contributed by atoms with E-state index in [1.807, 2.05) is 0 Å². The van der Waals surface area contributed by atoms with Crippen LogP contribution in [0.4, 0.5) is 15.8 Å². The Hall–Kier alpha value is -2.43. The van der Waals surface area contributed by atoms with Crippen LogP contribution in [0.15, 0.2) is 36.7 Å². The van der Waals surface area contributed by atoms with Gasteiger partial charge < -0.3 is 10.6 Å². The van der Waals surface area contributed by atoms with Gasteiger partial charge in [-0.05, 0) is 30.7 Å². The zero-order valence-corrected chi connectivity index (χ0v) is 10.7. The molecule has 2 aromatic rings. The quantitative estimate of drug-likeness (QED) is 0.900. The van der Waals surface area contributed by atoms with Gasteiger partial charge in [0.2, 0.25) is 0 Å². The Morgan fingerprint density at radius 1 is 1.37 bits per heavy atom. The van der Waals surface area contributed by atoms with Gasteiger partial charge in [0, 0.05) is 13.2 Å². The number of aromatic nitrogens is 1. The summed E-state index contributed by atoms with van der Waals surface area (Å²) in [4.78, 5) is 17.4. The van der Waals surface area contributed by atoms with Crippen molar-refractivity contribution < 1.29 is 9.18 Å². The Labute approximate surface area is 110 Å². The highest BCUT2D eigenvalue weighted by Gasteiger charge is 2.18. The van der Waals surface area contributed by atoms with E-state index in [1.54, 1.807) is 26.1 Å². The summed E-state index contributed by atoms with van der Waals surface area (Å²) in [5, 5.41) is 0. The lowest BCUT2D eigenvalue weighted by atomic mass is 10.1. The molecule has 0 saturated heterocycles. The van der Waals surface area contributed by atoms with E-state index in [4.69, 9.17) is 5.73 Å². The molecule has 0 radical (unpaired) electrons. The van der Waals surface area contributed by atoms with E-state index in [-0.39, 0.29) is 5.56 Å². The zero-order chi connectivity index (χ0) is 14.0. The average molecular weight is 259 g/mol. The first-order valence-electron chi connectivity index (χ1n) is 5.74. The summed E-state index contributed by atoms with van der Waals surface area (Å²) in [6.45, 7) is 1.77. The van der Waals surface area contributed by atoms with E-state index in [2.05, 4.69) is 4.98 Å². The summed E-state index contributed by atoms with van der Waals surface area (Å²) in [5.74, 6) is -0.986. The second kappa shape index (κ2) is 5.06. The van der Waals surface area contributed by atoms with Gasteiger partial charge in [0.1, 0.15) is 5.82 Å². The Morgan fingerprint density at radius 3 is 2.74 bits per heavy atom. The third kappa shape index (κ3) is 2.54. The molecule has 2 rings (SSSR count). The van der Waals surface area contributed by atoms with Gasteiger partial charge in [-0.3, -0.25) is 9.78 Å². The predicted molar refractivity (Wildman–Crippen MR) is 72.5 cm³/mol. The zero-order valence-electron chi connectivity index (χ0n) is 10.7. The van der Waals surface area contributed by atoms with Gasteiger partial charge in [0.15, 0.2) is 0 Å². The van der Waals surface area contributed by atoms with Gasteiger partial charge in [-0.1, -0.05) is 6.07 Å². The molecule has 98 valence electrons. The molecule has 0 aliphatic rings. The monoisotopic (exact) mass is 259 g/mol. The molecule has 0 unspecified atom stereocenters. The molecular formula is C14H14FN3O. The molecule has 5 heteroatoms. The molecule has 1 amide bonds. The number of anilines is 2. The molecule has 1 aromatic heterocycles. The van der Waals surface area contributed by atoms with Crippen molar-refractivity contribution in [2.75, 3.05) is 17.7 Å². The number of rotatable bonds is 2. The number of nitrogens with two attached hydrogens (primary N) is 1. The maximum Gasteiger partial charge on any atom is 0.261 e. The van der Waals surface area contributed by atoms with Crippen molar-refractivity contribution in [3.8, 4) is 0 Å². The number of amides is 1. The van der Waals surface area contributed by atoms with E-state index in [0.29, 0.717) is 11.4 Å². The Kier molecular flexibility index (Phi) is 3.46. The highest BCUT2D eigenvalue weighted by Crippen LogP contribution is 2.22. The van der Waals surface area contributed by atoms with Crippen LogP contribution in [0.5, 0.6) is 0 Å². The van der Waals surface area contributed by atoms with Crippen LogP contribution in [0, 0.1) is 12.7 Å². The predicted octanol–water partition coefficient (Wildman–Crippen LogP) is 2.39. The largest absolute Gasteiger partial charge is 0.396 e. The summed E-state index contributed by atoms with van der Waals surface area (Å²) in [7, 11) is 1.55. The molecule has 1 aromatic carbocycles. The molecule has 0 fully saturated rings. The van der Waals surface area contributed by atoms with Gasteiger partial charge in [0.05, 0.1) is 23.1 Å². The van der Waals surface area contributed by atoms with E-state index in [0.717, 1.165) is 5.56 Å².